The fourth-order valence-electron chi connectivity index (χ4n) is 3.49. The van der Waals surface area contributed by atoms with Gasteiger partial charge in [0.1, 0.15) is 9.85 Å². The molecule has 32 heavy (non-hydrogen) atoms. The summed E-state index contributed by atoms with van der Waals surface area (Å²) < 4.78 is 1.47. The number of aromatic carboxylic acids is 1. The Balaban J connectivity index is 1.47. The topological polar surface area (TPSA) is 70.4 Å². The van der Waals surface area contributed by atoms with E-state index in [-0.39, 0.29) is 5.56 Å². The number of carbonyl (C=O) groups is 1. The summed E-state index contributed by atoms with van der Waals surface area (Å²) in [4.78, 5) is 15.9. The largest absolute Gasteiger partial charge is 0.478 e. The minimum Gasteiger partial charge on any atom is -0.478 e. The van der Waals surface area contributed by atoms with Crippen LogP contribution in [0, 0.1) is 0 Å². The lowest BCUT2D eigenvalue weighted by molar-refractivity contribution is 0.0695. The van der Waals surface area contributed by atoms with Gasteiger partial charge in [-0.3, -0.25) is 0 Å². The van der Waals surface area contributed by atoms with Gasteiger partial charge in [-0.25, -0.2) is 9.78 Å². The number of halogens is 2. The van der Waals surface area contributed by atoms with Crippen LogP contribution in [0.5, 0.6) is 0 Å². The zero-order chi connectivity index (χ0) is 22.7. The van der Waals surface area contributed by atoms with E-state index in [1.807, 2.05) is 54.6 Å². The van der Waals surface area contributed by atoms with Gasteiger partial charge in [0.05, 0.1) is 27.1 Å². The van der Waals surface area contributed by atoms with Crippen molar-refractivity contribution in [1.82, 2.24) is 4.98 Å². The van der Waals surface area contributed by atoms with Crippen molar-refractivity contribution in [2.75, 3.05) is 0 Å². The third-order valence-corrected chi connectivity index (χ3v) is 7.07. The molecule has 0 bridgehead atoms. The quantitative estimate of drug-likeness (QED) is 0.293. The van der Waals surface area contributed by atoms with Crippen molar-refractivity contribution in [1.29, 1.82) is 0 Å². The van der Waals surface area contributed by atoms with Crippen molar-refractivity contribution in [3.05, 3.63) is 98.0 Å². The number of carboxylic acid groups (broad SMARTS) is 1. The lowest BCUT2D eigenvalue weighted by Gasteiger charge is -2.13. The van der Waals surface area contributed by atoms with Crippen LogP contribution in [-0.4, -0.2) is 21.2 Å². The summed E-state index contributed by atoms with van der Waals surface area (Å²) in [5.41, 5.74) is 4.12. The van der Waals surface area contributed by atoms with E-state index in [4.69, 9.17) is 23.2 Å². The standard InChI is InChI=1S/C25H19Cl2NO3S/c26-22-23-21(32-24(22)27)13-11-18(28-23)10-8-15-4-3-6-17(14-15)20(29)12-9-16-5-1-2-7-19(16)25(30)31/h1-8,10-11,13-14,20,29H,9,12H2,(H,30,31)/b10-8+/t20-/m0/s1. The van der Waals surface area contributed by atoms with Gasteiger partial charge in [-0.2, -0.15) is 0 Å². The smallest absolute Gasteiger partial charge is 0.335 e. The van der Waals surface area contributed by atoms with Crippen molar-refractivity contribution in [2.45, 2.75) is 18.9 Å². The molecule has 162 valence electrons. The number of thiophene rings is 1. The maximum absolute atomic E-state index is 11.4. The first kappa shape index (κ1) is 22.5. The number of pyridine rings is 1. The zero-order valence-corrected chi connectivity index (χ0v) is 19.2. The molecule has 2 aromatic heterocycles. The first-order valence-corrected chi connectivity index (χ1v) is 11.5. The Morgan fingerprint density at radius 1 is 1.06 bits per heavy atom. The molecule has 0 saturated heterocycles. The molecule has 1 atom stereocenters. The van der Waals surface area contributed by atoms with Crippen LogP contribution in [0.4, 0.5) is 0 Å². The second-order valence-electron chi connectivity index (χ2n) is 7.29. The summed E-state index contributed by atoms with van der Waals surface area (Å²) in [5.74, 6) is -0.958. The van der Waals surface area contributed by atoms with Crippen LogP contribution in [0.15, 0.2) is 60.7 Å². The highest BCUT2D eigenvalue weighted by Crippen LogP contribution is 2.37. The molecule has 4 rings (SSSR count). The van der Waals surface area contributed by atoms with Gasteiger partial charge in [-0.15, -0.1) is 11.3 Å². The minimum absolute atomic E-state index is 0.271. The van der Waals surface area contributed by atoms with Crippen LogP contribution < -0.4 is 0 Å². The summed E-state index contributed by atoms with van der Waals surface area (Å²) in [6.45, 7) is 0. The number of carboxylic acids is 1. The van der Waals surface area contributed by atoms with Crippen LogP contribution in [0.1, 0.15) is 45.3 Å². The maximum atomic E-state index is 11.4. The molecule has 2 N–H and O–H groups in total. The fourth-order valence-corrected chi connectivity index (χ4v) is 4.90. The molecular weight excluding hydrogens is 465 g/mol. The number of benzene rings is 2. The van der Waals surface area contributed by atoms with Crippen molar-refractivity contribution < 1.29 is 15.0 Å². The Hall–Kier alpha value is -2.70. The second-order valence-corrected chi connectivity index (χ2v) is 9.33. The lowest BCUT2D eigenvalue weighted by atomic mass is 9.97. The van der Waals surface area contributed by atoms with Crippen molar-refractivity contribution in [2.24, 2.45) is 0 Å². The Morgan fingerprint density at radius 3 is 2.69 bits per heavy atom. The van der Waals surface area contributed by atoms with Gasteiger partial charge >= 0.3 is 5.97 Å². The van der Waals surface area contributed by atoms with Gasteiger partial charge in [0, 0.05) is 0 Å². The Morgan fingerprint density at radius 2 is 1.88 bits per heavy atom. The van der Waals surface area contributed by atoms with Crippen LogP contribution in [0.2, 0.25) is 9.36 Å². The Labute approximate surface area is 199 Å². The number of hydrogen-bond donors (Lipinski definition) is 2. The number of fused-ring (bicyclic) bond motifs is 1. The third-order valence-electron chi connectivity index (χ3n) is 5.14. The van der Waals surface area contributed by atoms with Crippen LogP contribution in [0.25, 0.3) is 22.4 Å². The lowest BCUT2D eigenvalue weighted by Crippen LogP contribution is -2.05. The van der Waals surface area contributed by atoms with Crippen molar-refractivity contribution in [3.63, 3.8) is 0 Å². The van der Waals surface area contributed by atoms with Crippen LogP contribution in [0.3, 0.4) is 0 Å². The molecule has 0 amide bonds. The normalized spacial score (nSPS) is 12.5. The number of aliphatic hydroxyl groups excluding tert-OH is 1. The highest BCUT2D eigenvalue weighted by Gasteiger charge is 2.13. The molecule has 0 aliphatic carbocycles. The van der Waals surface area contributed by atoms with E-state index < -0.39 is 12.1 Å². The average Bonchev–Trinajstić information content (AvgIpc) is 3.09. The zero-order valence-electron chi connectivity index (χ0n) is 16.8. The highest BCUT2D eigenvalue weighted by molar-refractivity contribution is 7.23. The van der Waals surface area contributed by atoms with Gasteiger partial charge in [0.2, 0.25) is 0 Å². The Bertz CT molecular complexity index is 1320. The van der Waals surface area contributed by atoms with E-state index in [1.165, 1.54) is 11.3 Å². The molecular formula is C25H19Cl2NO3S. The van der Waals surface area contributed by atoms with E-state index >= 15 is 0 Å². The van der Waals surface area contributed by atoms with Gasteiger partial charge in [0.25, 0.3) is 0 Å². The van der Waals surface area contributed by atoms with Crippen molar-refractivity contribution in [3.8, 4) is 0 Å². The van der Waals surface area contributed by atoms with Gasteiger partial charge in [0.15, 0.2) is 0 Å². The summed E-state index contributed by atoms with van der Waals surface area (Å²) in [5, 5.41) is 20.5. The molecule has 4 nitrogen and oxygen atoms in total. The van der Waals surface area contributed by atoms with Gasteiger partial charge in [-0.05, 0) is 59.9 Å². The summed E-state index contributed by atoms with van der Waals surface area (Å²) in [6.07, 6.45) is 4.00. The number of rotatable bonds is 7. The fraction of sp³-hybridized carbons (Fsp3) is 0.120. The van der Waals surface area contributed by atoms with Gasteiger partial charge < -0.3 is 10.2 Å². The number of nitrogens with zero attached hydrogens (tertiary/aromatic N) is 1. The summed E-state index contributed by atoms with van der Waals surface area (Å²) in [6, 6.07) is 18.3. The van der Waals surface area contributed by atoms with E-state index in [0.29, 0.717) is 33.3 Å². The molecule has 0 aliphatic heterocycles. The average molecular weight is 484 g/mol. The molecule has 2 heterocycles. The van der Waals surface area contributed by atoms with E-state index in [9.17, 15) is 15.0 Å². The molecule has 2 aromatic carbocycles. The Kier molecular flexibility index (Phi) is 6.92. The van der Waals surface area contributed by atoms with E-state index in [1.54, 1.807) is 18.2 Å². The molecule has 0 aliphatic rings. The molecule has 0 radical (unpaired) electrons. The summed E-state index contributed by atoms with van der Waals surface area (Å²) in [7, 11) is 0. The second kappa shape index (κ2) is 9.84. The van der Waals surface area contributed by atoms with Crippen molar-refractivity contribution >= 4 is 62.9 Å². The first-order valence-electron chi connectivity index (χ1n) is 9.94. The molecule has 0 spiro atoms. The minimum atomic E-state index is -0.958. The first-order chi connectivity index (χ1) is 15.4. The molecule has 0 unspecified atom stereocenters. The third kappa shape index (κ3) is 5.03. The van der Waals surface area contributed by atoms with Crippen LogP contribution in [-0.2, 0) is 6.42 Å². The van der Waals surface area contributed by atoms with E-state index in [2.05, 4.69) is 4.98 Å². The van der Waals surface area contributed by atoms with Crippen LogP contribution >= 0.6 is 34.5 Å². The number of aromatic nitrogens is 1. The number of aryl methyl sites for hydroxylation is 1. The highest BCUT2D eigenvalue weighted by atomic mass is 35.5. The molecule has 4 aromatic rings. The maximum Gasteiger partial charge on any atom is 0.335 e. The summed E-state index contributed by atoms with van der Waals surface area (Å²) >= 11 is 13.7. The monoisotopic (exact) mass is 483 g/mol. The number of aliphatic hydroxyl groups is 1. The predicted molar refractivity (Wildman–Crippen MR) is 132 cm³/mol. The molecule has 0 fully saturated rings. The molecule has 7 heteroatoms. The molecule has 0 saturated carbocycles. The van der Waals surface area contributed by atoms with E-state index in [0.717, 1.165) is 21.5 Å². The SMILES string of the molecule is O=C(O)c1ccccc1CC[C@H](O)c1cccc(/C=C/c2ccc3sc(Cl)c(Cl)c3n2)c1. The van der Waals surface area contributed by atoms with Gasteiger partial charge in [-0.1, -0.05) is 65.7 Å². The number of hydrogen-bond acceptors (Lipinski definition) is 4. The predicted octanol–water partition coefficient (Wildman–Crippen LogP) is 7.14.